The molecule has 0 spiro atoms. The molecule has 0 aromatic heterocycles. The Morgan fingerprint density at radius 1 is 1.31 bits per heavy atom. The van der Waals surface area contributed by atoms with E-state index in [1.54, 1.807) is 19.1 Å². The number of nitrogens with zero attached hydrogens (tertiary/aromatic N) is 3. The fraction of sp³-hybridized carbons (Fsp3) is 0.263. The normalized spacial score (nSPS) is 22.3. The number of oxime groups is 1. The van der Waals surface area contributed by atoms with Crippen molar-refractivity contribution in [1.29, 1.82) is 0 Å². The van der Waals surface area contributed by atoms with Crippen LogP contribution in [0.2, 0.25) is 0 Å². The Labute approximate surface area is 213 Å². The lowest BCUT2D eigenvalue weighted by atomic mass is 10.0. The standard InChI is InChI=1S/C19H20N6O8S3/c1-9-3-5-10(6-4-9)36(30,31)33-12-8-34-18-14(17(27)24(18)15(12)19(28)29)21-16(26)13(23-32-2)11-7-35-25(20)22-11/h3-7,14,18,22H,8,20H2,1-2H3,(H,21,26)(H,28,29)/t14?,18-/m0/s1. The van der Waals surface area contributed by atoms with Crippen molar-refractivity contribution in [2.75, 3.05) is 12.9 Å². The minimum atomic E-state index is -4.34. The second kappa shape index (κ2) is 10.0. The minimum Gasteiger partial charge on any atom is -0.476 e. The van der Waals surface area contributed by atoms with Gasteiger partial charge in [0, 0.05) is 5.41 Å². The number of carboxylic acids is 1. The molecule has 4 rings (SSSR count). The zero-order chi connectivity index (χ0) is 26.2. The van der Waals surface area contributed by atoms with Gasteiger partial charge in [0.25, 0.3) is 11.8 Å². The summed E-state index contributed by atoms with van der Waals surface area (Å²) in [7, 11) is -3.11. The van der Waals surface area contributed by atoms with Gasteiger partial charge in [0.05, 0.1) is 11.4 Å². The van der Waals surface area contributed by atoms with E-state index < -0.39 is 50.8 Å². The van der Waals surface area contributed by atoms with Crippen molar-refractivity contribution in [2.45, 2.75) is 23.2 Å². The molecule has 3 heterocycles. The van der Waals surface area contributed by atoms with Crippen LogP contribution in [0.5, 0.6) is 0 Å². The lowest BCUT2D eigenvalue weighted by molar-refractivity contribution is -0.150. The fourth-order valence-corrected chi connectivity index (χ4v) is 6.27. The van der Waals surface area contributed by atoms with E-state index in [1.165, 1.54) is 24.7 Å². The van der Waals surface area contributed by atoms with Gasteiger partial charge in [0.15, 0.2) is 17.2 Å². The van der Waals surface area contributed by atoms with E-state index in [4.69, 9.17) is 14.9 Å². The number of β-lactam (4-membered cyclic amide) rings is 1. The molecule has 0 radical (unpaired) electrons. The van der Waals surface area contributed by atoms with Gasteiger partial charge >= 0.3 is 16.1 Å². The molecule has 5 N–H and O–H groups in total. The number of aliphatic carboxylic acids is 1. The molecule has 192 valence electrons. The van der Waals surface area contributed by atoms with Gasteiger partial charge in [-0.25, -0.2) is 10.6 Å². The number of carboxylic acid groups (broad SMARTS) is 1. The zero-order valence-electron chi connectivity index (χ0n) is 18.7. The Kier molecular flexibility index (Phi) is 7.19. The molecule has 2 amide bonds. The summed E-state index contributed by atoms with van der Waals surface area (Å²) in [4.78, 5) is 43.1. The molecular formula is C19H20N6O8S3. The minimum absolute atomic E-state index is 0.161. The number of rotatable bonds is 8. The number of amides is 2. The first-order valence-electron chi connectivity index (χ1n) is 10.1. The number of hydrogen-bond donors (Lipinski definition) is 4. The van der Waals surface area contributed by atoms with Crippen molar-refractivity contribution in [2.24, 2.45) is 11.0 Å². The number of hydrogen-bond acceptors (Lipinski definition) is 13. The SMILES string of the molecule is CON=C(C(=O)NC1C(=O)N2C(C(=O)O)=C(OS(=O)(=O)c3ccc(C)cc3)CS[C@@H]12)C1=CSN(N)N1. The zero-order valence-corrected chi connectivity index (χ0v) is 21.1. The van der Waals surface area contributed by atoms with Crippen LogP contribution in [0, 0.1) is 6.92 Å². The first kappa shape index (κ1) is 25.8. The Morgan fingerprint density at radius 2 is 2.00 bits per heavy atom. The van der Waals surface area contributed by atoms with E-state index in [9.17, 15) is 27.9 Å². The molecule has 2 atom stereocenters. The Morgan fingerprint density at radius 3 is 2.58 bits per heavy atom. The highest BCUT2D eigenvalue weighted by molar-refractivity contribution is 8.00. The summed E-state index contributed by atoms with van der Waals surface area (Å²) in [6.45, 7) is 1.78. The van der Waals surface area contributed by atoms with Gasteiger partial charge in [-0.2, -0.15) is 8.42 Å². The summed E-state index contributed by atoms with van der Waals surface area (Å²) in [5.74, 6) is 1.94. The molecule has 3 aliphatic rings. The van der Waals surface area contributed by atoms with Crippen LogP contribution in [-0.4, -0.2) is 70.7 Å². The molecule has 0 aliphatic carbocycles. The van der Waals surface area contributed by atoms with Crippen LogP contribution >= 0.6 is 23.7 Å². The molecule has 0 saturated carbocycles. The molecule has 1 unspecified atom stereocenters. The van der Waals surface area contributed by atoms with Crippen LogP contribution < -0.4 is 16.6 Å². The number of hydrazine groups is 2. The summed E-state index contributed by atoms with van der Waals surface area (Å²) >= 11 is 2.09. The van der Waals surface area contributed by atoms with E-state index in [1.807, 2.05) is 0 Å². The van der Waals surface area contributed by atoms with E-state index in [0.29, 0.717) is 0 Å². The Bertz CT molecular complexity index is 1310. The van der Waals surface area contributed by atoms with Crippen molar-refractivity contribution in [3.8, 4) is 0 Å². The maximum absolute atomic E-state index is 12.9. The van der Waals surface area contributed by atoms with Crippen molar-refractivity contribution in [3.63, 3.8) is 0 Å². The maximum Gasteiger partial charge on any atom is 0.356 e. The predicted octanol–water partition coefficient (Wildman–Crippen LogP) is -0.418. The summed E-state index contributed by atoms with van der Waals surface area (Å²) in [5.41, 5.74) is 2.93. The van der Waals surface area contributed by atoms with E-state index in [0.717, 1.165) is 38.7 Å². The van der Waals surface area contributed by atoms with Gasteiger partial charge in [-0.15, -0.1) is 11.8 Å². The first-order chi connectivity index (χ1) is 17.0. The lowest BCUT2D eigenvalue weighted by Gasteiger charge is -2.48. The van der Waals surface area contributed by atoms with Gasteiger partial charge in [0.2, 0.25) is 0 Å². The predicted molar refractivity (Wildman–Crippen MR) is 128 cm³/mol. The number of fused-ring (bicyclic) bond motifs is 1. The summed E-state index contributed by atoms with van der Waals surface area (Å²) in [6.07, 6.45) is 0. The van der Waals surface area contributed by atoms with Crippen LogP contribution in [0.4, 0.5) is 0 Å². The van der Waals surface area contributed by atoms with Crippen LogP contribution in [0.3, 0.4) is 0 Å². The monoisotopic (exact) mass is 556 g/mol. The lowest BCUT2D eigenvalue weighted by Crippen LogP contribution is -2.71. The molecule has 36 heavy (non-hydrogen) atoms. The number of carbonyl (C=O) groups is 3. The van der Waals surface area contributed by atoms with E-state index in [2.05, 4.69) is 15.9 Å². The average Bonchev–Trinajstić information content (AvgIpc) is 3.26. The van der Waals surface area contributed by atoms with Crippen LogP contribution in [0.15, 0.2) is 56.9 Å². The number of nitrogens with two attached hydrogens (primary N) is 1. The van der Waals surface area contributed by atoms with Crippen LogP contribution in [0.25, 0.3) is 0 Å². The number of aryl methyl sites for hydroxylation is 1. The number of carbonyl (C=O) groups excluding carboxylic acids is 2. The molecule has 1 aromatic rings. The first-order valence-corrected chi connectivity index (χ1v) is 13.4. The molecule has 17 heteroatoms. The van der Waals surface area contributed by atoms with Gasteiger partial charge in [-0.1, -0.05) is 27.4 Å². The largest absolute Gasteiger partial charge is 0.476 e. The van der Waals surface area contributed by atoms with Gasteiger partial charge < -0.3 is 19.4 Å². The molecule has 1 aromatic carbocycles. The molecule has 1 fully saturated rings. The highest BCUT2D eigenvalue weighted by Gasteiger charge is 2.55. The molecule has 0 bridgehead atoms. The second-order valence-corrected chi connectivity index (χ2v) is 11.0. The Hall–Kier alpha value is -3.25. The van der Waals surface area contributed by atoms with E-state index >= 15 is 0 Å². The number of nitrogens with one attached hydrogen (secondary N) is 2. The highest BCUT2D eigenvalue weighted by atomic mass is 32.2. The summed E-state index contributed by atoms with van der Waals surface area (Å²) in [6, 6.07) is 4.71. The quantitative estimate of drug-likeness (QED) is 0.0806. The third-order valence-corrected chi connectivity index (χ3v) is 8.29. The summed E-state index contributed by atoms with van der Waals surface area (Å²) in [5, 5.41) is 16.6. The Balaban J connectivity index is 1.53. The highest BCUT2D eigenvalue weighted by Crippen LogP contribution is 2.41. The average molecular weight is 557 g/mol. The molecule has 1 saturated heterocycles. The molecule has 3 aliphatic heterocycles. The van der Waals surface area contributed by atoms with Gasteiger partial charge in [-0.3, -0.25) is 19.9 Å². The molecular weight excluding hydrogens is 536 g/mol. The summed E-state index contributed by atoms with van der Waals surface area (Å²) < 4.78 is 31.7. The van der Waals surface area contributed by atoms with Gasteiger partial charge in [-0.05, 0) is 31.0 Å². The van der Waals surface area contributed by atoms with Crippen molar-refractivity contribution < 1.29 is 36.9 Å². The van der Waals surface area contributed by atoms with Crippen molar-refractivity contribution in [3.05, 3.63) is 52.4 Å². The molecule has 14 nitrogen and oxygen atoms in total. The maximum atomic E-state index is 12.9. The third-order valence-electron chi connectivity index (χ3n) is 5.11. The number of benzene rings is 1. The van der Waals surface area contributed by atoms with E-state index in [-0.39, 0.29) is 22.1 Å². The fourth-order valence-electron chi connectivity index (χ4n) is 3.44. The van der Waals surface area contributed by atoms with Crippen molar-refractivity contribution >= 4 is 57.3 Å². The topological polar surface area (TPSA) is 193 Å². The van der Waals surface area contributed by atoms with Gasteiger partial charge in [0.1, 0.15) is 23.4 Å². The second-order valence-electron chi connectivity index (χ2n) is 7.49. The van der Waals surface area contributed by atoms with Crippen LogP contribution in [-0.2, 0) is 33.5 Å². The smallest absolute Gasteiger partial charge is 0.356 e. The van der Waals surface area contributed by atoms with Crippen LogP contribution in [0.1, 0.15) is 5.56 Å². The number of thioether (sulfide) groups is 1. The van der Waals surface area contributed by atoms with Crippen molar-refractivity contribution in [1.82, 2.24) is 20.2 Å². The third kappa shape index (κ3) is 4.87.